The second kappa shape index (κ2) is 9.04. The minimum Gasteiger partial charge on any atom is -0.497 e. The number of carbonyl (C=O) groups excluding carboxylic acids is 1. The number of amides is 1. The summed E-state index contributed by atoms with van der Waals surface area (Å²) in [6.07, 6.45) is -4.13. The maximum absolute atomic E-state index is 12.4. The smallest absolute Gasteiger partial charge is 0.490 e. The quantitative estimate of drug-likeness (QED) is 0.765. The van der Waals surface area contributed by atoms with E-state index in [9.17, 15) is 26.4 Å². The maximum Gasteiger partial charge on any atom is 0.490 e. The summed E-state index contributed by atoms with van der Waals surface area (Å²) in [7, 11) is -1.98. The number of aliphatic carboxylic acids is 1. The van der Waals surface area contributed by atoms with Crippen LogP contribution in [-0.2, 0) is 19.6 Å². The van der Waals surface area contributed by atoms with Crippen molar-refractivity contribution in [2.75, 3.05) is 20.2 Å². The fourth-order valence-corrected chi connectivity index (χ4v) is 3.75. The number of benzene rings is 1. The fourth-order valence-electron chi connectivity index (χ4n) is 2.28. The van der Waals surface area contributed by atoms with E-state index in [2.05, 4.69) is 0 Å². The van der Waals surface area contributed by atoms with E-state index in [-0.39, 0.29) is 16.7 Å². The van der Waals surface area contributed by atoms with Gasteiger partial charge in [-0.2, -0.15) is 17.5 Å². The number of rotatable bonds is 4. The van der Waals surface area contributed by atoms with Crippen molar-refractivity contribution >= 4 is 21.9 Å². The van der Waals surface area contributed by atoms with Crippen LogP contribution in [0.3, 0.4) is 0 Å². The molecule has 3 N–H and O–H groups in total. The van der Waals surface area contributed by atoms with Gasteiger partial charge in [0.15, 0.2) is 0 Å². The van der Waals surface area contributed by atoms with E-state index in [4.69, 9.17) is 20.4 Å². The molecule has 0 unspecified atom stereocenters. The lowest BCUT2D eigenvalue weighted by atomic mass is 9.98. The molecule has 12 heteroatoms. The van der Waals surface area contributed by atoms with E-state index in [0.29, 0.717) is 31.7 Å². The number of hydrogen-bond acceptors (Lipinski definition) is 5. The number of carboxylic acid groups (broad SMARTS) is 1. The summed E-state index contributed by atoms with van der Waals surface area (Å²) in [4.78, 5) is 20.2. The number of alkyl halides is 3. The van der Waals surface area contributed by atoms with Crippen molar-refractivity contribution in [1.82, 2.24) is 4.31 Å². The van der Waals surface area contributed by atoms with Crippen molar-refractivity contribution in [1.29, 1.82) is 0 Å². The lowest BCUT2D eigenvalue weighted by Crippen LogP contribution is -2.41. The van der Waals surface area contributed by atoms with Gasteiger partial charge in [0.1, 0.15) is 5.75 Å². The van der Waals surface area contributed by atoms with Gasteiger partial charge in [-0.1, -0.05) is 0 Å². The summed E-state index contributed by atoms with van der Waals surface area (Å²) in [5, 5.41) is 7.12. The van der Waals surface area contributed by atoms with Crippen molar-refractivity contribution in [2.45, 2.75) is 23.9 Å². The lowest BCUT2D eigenvalue weighted by molar-refractivity contribution is -0.192. The summed E-state index contributed by atoms with van der Waals surface area (Å²) in [6.45, 7) is 0.643. The van der Waals surface area contributed by atoms with Crippen LogP contribution in [-0.4, -0.2) is 56.1 Å². The monoisotopic (exact) mass is 412 g/mol. The Balaban J connectivity index is 0.000000445. The van der Waals surface area contributed by atoms with Gasteiger partial charge in [0, 0.05) is 19.0 Å². The molecule has 27 heavy (non-hydrogen) atoms. The van der Waals surface area contributed by atoms with Crippen LogP contribution in [0.5, 0.6) is 5.75 Å². The minimum absolute atomic E-state index is 0.225. The zero-order chi connectivity index (χ0) is 20.8. The predicted molar refractivity (Wildman–Crippen MR) is 87.4 cm³/mol. The van der Waals surface area contributed by atoms with Crippen LogP contribution in [0, 0.1) is 5.92 Å². The van der Waals surface area contributed by atoms with Gasteiger partial charge in [-0.25, -0.2) is 13.2 Å². The summed E-state index contributed by atoms with van der Waals surface area (Å²) < 4.78 is 63.0. The number of carboxylic acids is 1. The molecular formula is C15H19F3N2O6S. The first-order valence-corrected chi connectivity index (χ1v) is 9.07. The zero-order valence-electron chi connectivity index (χ0n) is 14.3. The van der Waals surface area contributed by atoms with Gasteiger partial charge in [0.25, 0.3) is 0 Å². The summed E-state index contributed by atoms with van der Waals surface area (Å²) in [5.41, 5.74) is 5.24. The highest BCUT2D eigenvalue weighted by atomic mass is 32.2. The molecular weight excluding hydrogens is 393 g/mol. The molecule has 0 saturated carbocycles. The third-order valence-corrected chi connectivity index (χ3v) is 5.71. The first-order chi connectivity index (χ1) is 12.4. The largest absolute Gasteiger partial charge is 0.497 e. The number of hydrogen-bond donors (Lipinski definition) is 2. The van der Waals surface area contributed by atoms with Gasteiger partial charge < -0.3 is 15.6 Å². The number of sulfonamides is 1. The van der Waals surface area contributed by atoms with Crippen molar-refractivity contribution in [3.63, 3.8) is 0 Å². The highest BCUT2D eigenvalue weighted by Crippen LogP contribution is 2.24. The highest BCUT2D eigenvalue weighted by Gasteiger charge is 2.38. The summed E-state index contributed by atoms with van der Waals surface area (Å²) >= 11 is 0. The van der Waals surface area contributed by atoms with Crippen molar-refractivity contribution in [2.24, 2.45) is 11.7 Å². The fraction of sp³-hybridized carbons (Fsp3) is 0.467. The number of primary amides is 1. The molecule has 0 spiro atoms. The molecule has 2 rings (SSSR count). The maximum atomic E-state index is 12.4. The number of methoxy groups -OCH3 is 1. The molecule has 152 valence electrons. The molecule has 1 fully saturated rings. The minimum atomic E-state index is -5.08. The Kier molecular flexibility index (Phi) is 7.60. The van der Waals surface area contributed by atoms with Crippen LogP contribution in [0.1, 0.15) is 12.8 Å². The van der Waals surface area contributed by atoms with E-state index in [1.165, 1.54) is 23.5 Å². The van der Waals surface area contributed by atoms with Gasteiger partial charge in [0.05, 0.1) is 12.0 Å². The molecule has 1 amide bonds. The van der Waals surface area contributed by atoms with Gasteiger partial charge in [-0.3, -0.25) is 4.79 Å². The standard InChI is InChI=1S/C13H18N2O4S.C2HF3O2/c1-19-11-2-4-12(5-3-11)20(17,18)15-8-6-10(7-9-15)13(14)16;3-2(4,5)1(6)7/h2-5,10H,6-9H2,1H3,(H2,14,16);(H,6,7). The second-order valence-electron chi connectivity index (χ2n) is 5.56. The Morgan fingerprint density at radius 3 is 1.96 bits per heavy atom. The van der Waals surface area contributed by atoms with Crippen molar-refractivity contribution < 1.29 is 41.0 Å². The van der Waals surface area contributed by atoms with Gasteiger partial charge in [-0.05, 0) is 37.1 Å². The first-order valence-electron chi connectivity index (χ1n) is 7.63. The average molecular weight is 412 g/mol. The van der Waals surface area contributed by atoms with Crippen LogP contribution in [0.25, 0.3) is 0 Å². The van der Waals surface area contributed by atoms with Gasteiger partial charge >= 0.3 is 12.1 Å². The van der Waals surface area contributed by atoms with Crippen LogP contribution >= 0.6 is 0 Å². The Bertz CT molecular complexity index is 757. The number of halogens is 3. The molecule has 0 aliphatic carbocycles. The Hall–Kier alpha value is -2.34. The van der Waals surface area contributed by atoms with Crippen LogP contribution in [0.2, 0.25) is 0 Å². The van der Waals surface area contributed by atoms with Crippen LogP contribution in [0.15, 0.2) is 29.2 Å². The molecule has 1 saturated heterocycles. The van der Waals surface area contributed by atoms with E-state index >= 15 is 0 Å². The SMILES string of the molecule is COc1ccc(S(=O)(=O)N2CCC(C(N)=O)CC2)cc1.O=C(O)C(F)(F)F. The third-order valence-electron chi connectivity index (χ3n) is 3.80. The van der Waals surface area contributed by atoms with E-state index in [0.717, 1.165) is 0 Å². The van der Waals surface area contributed by atoms with E-state index in [1.807, 2.05) is 0 Å². The van der Waals surface area contributed by atoms with Crippen molar-refractivity contribution in [3.05, 3.63) is 24.3 Å². The van der Waals surface area contributed by atoms with Crippen LogP contribution in [0.4, 0.5) is 13.2 Å². The molecule has 1 aromatic rings. The lowest BCUT2D eigenvalue weighted by Gasteiger charge is -2.29. The van der Waals surface area contributed by atoms with Gasteiger partial charge in [-0.15, -0.1) is 0 Å². The molecule has 8 nitrogen and oxygen atoms in total. The Morgan fingerprint density at radius 2 is 1.63 bits per heavy atom. The summed E-state index contributed by atoms with van der Waals surface area (Å²) in [5.74, 6) is -2.73. The molecule has 0 aromatic heterocycles. The van der Waals surface area contributed by atoms with Crippen LogP contribution < -0.4 is 10.5 Å². The zero-order valence-corrected chi connectivity index (χ0v) is 15.1. The molecule has 1 aliphatic rings. The molecule has 1 aromatic carbocycles. The summed E-state index contributed by atoms with van der Waals surface area (Å²) in [6, 6.07) is 6.27. The van der Waals surface area contributed by atoms with Gasteiger partial charge in [0.2, 0.25) is 15.9 Å². The topological polar surface area (TPSA) is 127 Å². The van der Waals surface area contributed by atoms with E-state index < -0.39 is 22.2 Å². The number of ether oxygens (including phenoxy) is 1. The molecule has 0 radical (unpaired) electrons. The predicted octanol–water partition coefficient (Wildman–Crippen LogP) is 1.21. The Morgan fingerprint density at radius 1 is 1.19 bits per heavy atom. The number of nitrogens with zero attached hydrogens (tertiary/aromatic N) is 1. The molecule has 1 aliphatic heterocycles. The normalized spacial score (nSPS) is 16.1. The van der Waals surface area contributed by atoms with E-state index in [1.54, 1.807) is 12.1 Å². The Labute approximate surface area is 153 Å². The first kappa shape index (κ1) is 22.7. The number of nitrogens with two attached hydrogens (primary N) is 1. The van der Waals surface area contributed by atoms with Crippen molar-refractivity contribution in [3.8, 4) is 5.75 Å². The third kappa shape index (κ3) is 6.40. The number of carbonyl (C=O) groups is 2. The molecule has 0 atom stereocenters. The molecule has 0 bridgehead atoms. The highest BCUT2D eigenvalue weighted by molar-refractivity contribution is 7.89. The number of piperidine rings is 1. The average Bonchev–Trinajstić information content (AvgIpc) is 2.61. The molecule has 1 heterocycles. The second-order valence-corrected chi connectivity index (χ2v) is 7.50.